The highest BCUT2D eigenvalue weighted by Gasteiger charge is 2.28. The highest BCUT2D eigenvalue weighted by molar-refractivity contribution is 5.80. The minimum absolute atomic E-state index is 0.0709. The van der Waals surface area contributed by atoms with Gasteiger partial charge >= 0.3 is 0 Å². The fourth-order valence-electron chi connectivity index (χ4n) is 3.09. The van der Waals surface area contributed by atoms with Gasteiger partial charge in [-0.1, -0.05) is 12.1 Å². The smallest absolute Gasteiger partial charge is 0.193 e. The quantitative estimate of drug-likeness (QED) is 0.405. The average molecular weight is 381 g/mol. The first kappa shape index (κ1) is 21.6. The summed E-state index contributed by atoms with van der Waals surface area (Å²) in [7, 11) is 3.47. The Labute approximate surface area is 161 Å². The minimum atomic E-state index is -0.233. The Morgan fingerprint density at radius 3 is 2.70 bits per heavy atom. The number of unbranched alkanes of at least 4 members (excludes halogenated alkanes) is 1. The van der Waals surface area contributed by atoms with Crippen LogP contribution >= 0.6 is 0 Å². The monoisotopic (exact) mass is 381 g/mol. The molecule has 2 unspecified atom stereocenters. The molecule has 1 fully saturated rings. The Hall–Kier alpha value is -1.70. The van der Waals surface area contributed by atoms with E-state index in [9.17, 15) is 4.39 Å². The molecule has 27 heavy (non-hydrogen) atoms. The molecule has 0 saturated carbocycles. The number of halogens is 1. The summed E-state index contributed by atoms with van der Waals surface area (Å²) >= 11 is 0. The second-order valence-electron chi connectivity index (χ2n) is 6.68. The summed E-state index contributed by atoms with van der Waals surface area (Å²) in [5.41, 5.74) is 0.983. The predicted octanol–water partition coefficient (Wildman–Crippen LogP) is 2.61. The number of ether oxygens (including phenoxy) is 3. The fraction of sp³-hybridized carbons (Fsp3) is 0.650. The van der Waals surface area contributed by atoms with Crippen LogP contribution in [0.2, 0.25) is 0 Å². The molecule has 1 aliphatic rings. The number of aliphatic imine (C=N–C) groups is 1. The standard InChI is InChI=1S/C20H32FN3O3/c1-16-14-24(15-19(27-16)17-6-8-18(21)9-7-17)20(22-2)23-10-4-5-11-26-13-12-25-3/h6-9,16,19H,4-5,10-15H2,1-3H3,(H,22,23). The van der Waals surface area contributed by atoms with Gasteiger partial charge in [-0.25, -0.2) is 4.39 Å². The van der Waals surface area contributed by atoms with Gasteiger partial charge in [-0.2, -0.15) is 0 Å². The molecule has 2 atom stereocenters. The van der Waals surface area contributed by atoms with Crippen LogP contribution in [0.4, 0.5) is 4.39 Å². The van der Waals surface area contributed by atoms with Gasteiger partial charge in [0.1, 0.15) is 11.9 Å². The molecule has 0 amide bonds. The zero-order valence-electron chi connectivity index (χ0n) is 16.6. The van der Waals surface area contributed by atoms with E-state index in [-0.39, 0.29) is 18.0 Å². The number of morpholine rings is 1. The van der Waals surface area contributed by atoms with E-state index >= 15 is 0 Å². The van der Waals surface area contributed by atoms with Gasteiger partial charge in [0.25, 0.3) is 0 Å². The lowest BCUT2D eigenvalue weighted by Gasteiger charge is -2.38. The zero-order valence-corrected chi connectivity index (χ0v) is 16.6. The third kappa shape index (κ3) is 7.44. The summed E-state index contributed by atoms with van der Waals surface area (Å²) in [6.45, 7) is 6.37. The third-order valence-electron chi connectivity index (χ3n) is 4.44. The van der Waals surface area contributed by atoms with Crippen molar-refractivity contribution in [2.24, 2.45) is 4.99 Å². The first-order valence-corrected chi connectivity index (χ1v) is 9.57. The highest BCUT2D eigenvalue weighted by Crippen LogP contribution is 2.25. The molecular weight excluding hydrogens is 349 g/mol. The van der Waals surface area contributed by atoms with Gasteiger partial charge in [0.05, 0.1) is 25.9 Å². The maximum Gasteiger partial charge on any atom is 0.193 e. The van der Waals surface area contributed by atoms with Crippen molar-refractivity contribution in [3.8, 4) is 0 Å². The summed E-state index contributed by atoms with van der Waals surface area (Å²) in [4.78, 5) is 6.62. The fourth-order valence-corrected chi connectivity index (χ4v) is 3.09. The van der Waals surface area contributed by atoms with Crippen molar-refractivity contribution >= 4 is 5.96 Å². The van der Waals surface area contributed by atoms with Gasteiger partial charge < -0.3 is 24.4 Å². The van der Waals surface area contributed by atoms with E-state index < -0.39 is 0 Å². The molecule has 0 bridgehead atoms. The highest BCUT2D eigenvalue weighted by atomic mass is 19.1. The van der Waals surface area contributed by atoms with E-state index in [2.05, 4.69) is 15.2 Å². The molecule has 1 N–H and O–H groups in total. The first-order chi connectivity index (χ1) is 13.1. The lowest BCUT2D eigenvalue weighted by molar-refractivity contribution is -0.0605. The van der Waals surface area contributed by atoms with Gasteiger partial charge in [0, 0.05) is 33.9 Å². The van der Waals surface area contributed by atoms with Gasteiger partial charge in [-0.15, -0.1) is 0 Å². The van der Waals surface area contributed by atoms with Crippen LogP contribution in [0.15, 0.2) is 29.3 Å². The van der Waals surface area contributed by atoms with Crippen LogP contribution in [0.25, 0.3) is 0 Å². The first-order valence-electron chi connectivity index (χ1n) is 9.57. The van der Waals surface area contributed by atoms with Crippen LogP contribution in [0, 0.1) is 5.82 Å². The molecule has 1 aliphatic heterocycles. The molecule has 152 valence electrons. The van der Waals surface area contributed by atoms with Crippen molar-refractivity contribution in [3.05, 3.63) is 35.6 Å². The molecule has 0 radical (unpaired) electrons. The molecule has 1 saturated heterocycles. The number of nitrogens with one attached hydrogen (secondary N) is 1. The molecule has 1 aromatic rings. The average Bonchev–Trinajstić information content (AvgIpc) is 2.67. The van der Waals surface area contributed by atoms with Crippen molar-refractivity contribution in [2.75, 3.05) is 53.6 Å². The zero-order chi connectivity index (χ0) is 19.5. The van der Waals surface area contributed by atoms with E-state index in [1.54, 1.807) is 26.3 Å². The van der Waals surface area contributed by atoms with Crippen molar-refractivity contribution < 1.29 is 18.6 Å². The summed E-state index contributed by atoms with van der Waals surface area (Å²) in [6, 6.07) is 6.53. The van der Waals surface area contributed by atoms with E-state index in [0.29, 0.717) is 19.8 Å². The van der Waals surface area contributed by atoms with Crippen molar-refractivity contribution in [2.45, 2.75) is 32.0 Å². The molecule has 6 nitrogen and oxygen atoms in total. The summed E-state index contributed by atoms with van der Waals surface area (Å²) in [5.74, 6) is 0.640. The van der Waals surface area contributed by atoms with Crippen LogP contribution in [-0.4, -0.2) is 70.6 Å². The maximum absolute atomic E-state index is 13.2. The number of nitrogens with zero attached hydrogens (tertiary/aromatic N) is 2. The van der Waals surface area contributed by atoms with Gasteiger partial charge in [0.2, 0.25) is 0 Å². The van der Waals surface area contributed by atoms with Crippen LogP contribution in [-0.2, 0) is 14.2 Å². The number of benzene rings is 1. The molecule has 0 spiro atoms. The Morgan fingerprint density at radius 2 is 2.00 bits per heavy atom. The number of rotatable bonds is 9. The maximum atomic E-state index is 13.2. The van der Waals surface area contributed by atoms with Crippen molar-refractivity contribution in [1.82, 2.24) is 10.2 Å². The second kappa shape index (κ2) is 11.9. The van der Waals surface area contributed by atoms with E-state index in [1.807, 2.05) is 6.92 Å². The van der Waals surface area contributed by atoms with E-state index in [0.717, 1.165) is 44.1 Å². The second-order valence-corrected chi connectivity index (χ2v) is 6.68. The lowest BCUT2D eigenvalue weighted by Crippen LogP contribution is -2.50. The summed E-state index contributed by atoms with van der Waals surface area (Å²) in [5, 5.41) is 3.42. The SMILES string of the molecule is CN=C(NCCCCOCCOC)N1CC(C)OC(c2ccc(F)cc2)C1. The summed E-state index contributed by atoms with van der Waals surface area (Å²) < 4.78 is 29.7. The van der Waals surface area contributed by atoms with E-state index in [1.165, 1.54) is 12.1 Å². The van der Waals surface area contributed by atoms with E-state index in [4.69, 9.17) is 14.2 Å². The predicted molar refractivity (Wildman–Crippen MR) is 105 cm³/mol. The summed E-state index contributed by atoms with van der Waals surface area (Å²) in [6.07, 6.45) is 1.97. The molecule has 1 heterocycles. The molecule has 0 aromatic heterocycles. The van der Waals surface area contributed by atoms with Crippen LogP contribution in [0.5, 0.6) is 0 Å². The lowest BCUT2D eigenvalue weighted by atomic mass is 10.1. The molecule has 1 aromatic carbocycles. The molecule has 0 aliphatic carbocycles. The van der Waals surface area contributed by atoms with Crippen molar-refractivity contribution in [1.29, 1.82) is 0 Å². The molecule has 2 rings (SSSR count). The largest absolute Gasteiger partial charge is 0.382 e. The van der Waals surface area contributed by atoms with Gasteiger partial charge in [-0.3, -0.25) is 4.99 Å². The Morgan fingerprint density at radius 1 is 1.22 bits per heavy atom. The minimum Gasteiger partial charge on any atom is -0.382 e. The Kier molecular flexibility index (Phi) is 9.52. The normalized spacial score (nSPS) is 20.7. The van der Waals surface area contributed by atoms with Crippen LogP contribution in [0.1, 0.15) is 31.4 Å². The Bertz CT molecular complexity index is 568. The topological polar surface area (TPSA) is 55.3 Å². The number of hydrogen-bond acceptors (Lipinski definition) is 4. The van der Waals surface area contributed by atoms with Crippen LogP contribution in [0.3, 0.4) is 0 Å². The number of methoxy groups -OCH3 is 1. The number of hydrogen-bond donors (Lipinski definition) is 1. The van der Waals surface area contributed by atoms with Gasteiger partial charge in [-0.05, 0) is 37.5 Å². The Balaban J connectivity index is 1.78. The van der Waals surface area contributed by atoms with Gasteiger partial charge in [0.15, 0.2) is 5.96 Å². The third-order valence-corrected chi connectivity index (χ3v) is 4.44. The van der Waals surface area contributed by atoms with Crippen molar-refractivity contribution in [3.63, 3.8) is 0 Å². The van der Waals surface area contributed by atoms with Crippen LogP contribution < -0.4 is 5.32 Å². The molecule has 7 heteroatoms. The number of guanidine groups is 1. The molecular formula is C20H32FN3O3.